The second-order valence-corrected chi connectivity index (χ2v) is 5.75. The van der Waals surface area contributed by atoms with Crippen LogP contribution in [0, 0.1) is 6.92 Å². The third-order valence-electron chi connectivity index (χ3n) is 3.60. The van der Waals surface area contributed by atoms with Crippen molar-refractivity contribution in [2.75, 3.05) is 18.4 Å². The van der Waals surface area contributed by atoms with E-state index in [1.807, 2.05) is 36.9 Å². The number of nitrogens with one attached hydrogen (secondary N) is 1. The van der Waals surface area contributed by atoms with E-state index in [9.17, 15) is 4.79 Å². The Bertz CT molecular complexity index is 524. The number of hydrogen-bond acceptors (Lipinski definition) is 3. The molecule has 1 aliphatic heterocycles. The molecule has 4 nitrogen and oxygen atoms in total. The lowest BCUT2D eigenvalue weighted by Crippen LogP contribution is -2.40. The maximum absolute atomic E-state index is 12.3. The standard InChI is InChI=1S/C15H21N3OS/c1-10-5-6-13(12(9-10)14(16)20)17-11(2)15(19)18-7-3-4-8-18/h5-6,9,11,17H,3-4,7-8H2,1-2H3,(H2,16,20). The second-order valence-electron chi connectivity index (χ2n) is 5.31. The Kier molecular flexibility index (Phi) is 4.60. The van der Waals surface area contributed by atoms with Gasteiger partial charge in [-0.2, -0.15) is 0 Å². The molecule has 1 fully saturated rings. The molecule has 5 heteroatoms. The molecule has 0 radical (unpaired) electrons. The van der Waals surface area contributed by atoms with Crippen molar-refractivity contribution in [1.82, 2.24) is 4.90 Å². The summed E-state index contributed by atoms with van der Waals surface area (Å²) in [5.41, 5.74) is 8.46. The minimum Gasteiger partial charge on any atom is -0.389 e. The maximum Gasteiger partial charge on any atom is 0.244 e. The number of anilines is 1. The lowest BCUT2D eigenvalue weighted by atomic mass is 10.1. The zero-order chi connectivity index (χ0) is 14.7. The average molecular weight is 291 g/mol. The lowest BCUT2D eigenvalue weighted by Gasteiger charge is -2.23. The molecular weight excluding hydrogens is 270 g/mol. The minimum absolute atomic E-state index is 0.136. The fraction of sp³-hybridized carbons (Fsp3) is 0.467. The first-order valence-corrected chi connectivity index (χ1v) is 7.35. The van der Waals surface area contributed by atoms with Crippen LogP contribution in [-0.4, -0.2) is 34.9 Å². The van der Waals surface area contributed by atoms with Crippen molar-refractivity contribution in [2.45, 2.75) is 32.7 Å². The van der Waals surface area contributed by atoms with E-state index in [4.69, 9.17) is 18.0 Å². The van der Waals surface area contributed by atoms with Crippen LogP contribution in [0.1, 0.15) is 30.9 Å². The first-order chi connectivity index (χ1) is 9.49. The number of carbonyl (C=O) groups excluding carboxylic acids is 1. The van der Waals surface area contributed by atoms with Crippen LogP contribution < -0.4 is 11.1 Å². The molecule has 0 aromatic heterocycles. The zero-order valence-corrected chi connectivity index (χ0v) is 12.8. The molecule has 0 saturated carbocycles. The van der Waals surface area contributed by atoms with E-state index in [1.54, 1.807) is 0 Å². The molecule has 1 aromatic carbocycles. The van der Waals surface area contributed by atoms with E-state index < -0.39 is 0 Å². The molecule has 1 aromatic rings. The largest absolute Gasteiger partial charge is 0.389 e. The van der Waals surface area contributed by atoms with Gasteiger partial charge in [0.25, 0.3) is 0 Å². The first-order valence-electron chi connectivity index (χ1n) is 6.95. The number of hydrogen-bond donors (Lipinski definition) is 2. The summed E-state index contributed by atoms with van der Waals surface area (Å²) < 4.78 is 0. The molecule has 108 valence electrons. The molecule has 1 saturated heterocycles. The van der Waals surface area contributed by atoms with Crippen molar-refractivity contribution >= 4 is 28.8 Å². The SMILES string of the molecule is Cc1ccc(NC(C)C(=O)N2CCCC2)c(C(N)=S)c1. The number of likely N-dealkylation sites (tertiary alicyclic amines) is 1. The summed E-state index contributed by atoms with van der Waals surface area (Å²) in [4.78, 5) is 14.6. The molecule has 1 aliphatic rings. The molecule has 2 rings (SSSR count). The van der Waals surface area contributed by atoms with Gasteiger partial charge in [0.15, 0.2) is 0 Å². The number of nitrogens with zero attached hydrogens (tertiary/aromatic N) is 1. The Balaban J connectivity index is 2.12. The van der Waals surface area contributed by atoms with Gasteiger partial charge in [-0.1, -0.05) is 23.8 Å². The molecule has 1 heterocycles. The van der Waals surface area contributed by atoms with Crippen molar-refractivity contribution in [2.24, 2.45) is 5.73 Å². The third-order valence-corrected chi connectivity index (χ3v) is 3.82. The summed E-state index contributed by atoms with van der Waals surface area (Å²) in [6.45, 7) is 5.59. The van der Waals surface area contributed by atoms with Crippen LogP contribution in [0.5, 0.6) is 0 Å². The highest BCUT2D eigenvalue weighted by atomic mass is 32.1. The molecule has 1 atom stereocenters. The smallest absolute Gasteiger partial charge is 0.244 e. The van der Waals surface area contributed by atoms with Crippen LogP contribution in [0.15, 0.2) is 18.2 Å². The van der Waals surface area contributed by atoms with Gasteiger partial charge in [-0.05, 0) is 38.8 Å². The maximum atomic E-state index is 12.3. The van der Waals surface area contributed by atoms with E-state index in [1.165, 1.54) is 0 Å². The Labute approximate surface area is 125 Å². The van der Waals surface area contributed by atoms with Gasteiger partial charge in [0, 0.05) is 24.3 Å². The van der Waals surface area contributed by atoms with Gasteiger partial charge in [-0.15, -0.1) is 0 Å². The van der Waals surface area contributed by atoms with Crippen molar-refractivity contribution in [1.29, 1.82) is 0 Å². The average Bonchev–Trinajstić information content (AvgIpc) is 2.93. The Morgan fingerprint density at radius 1 is 1.40 bits per heavy atom. The summed E-state index contributed by atoms with van der Waals surface area (Å²) in [6, 6.07) is 5.58. The molecule has 1 unspecified atom stereocenters. The van der Waals surface area contributed by atoms with Gasteiger partial charge < -0.3 is 16.0 Å². The third kappa shape index (κ3) is 3.28. The lowest BCUT2D eigenvalue weighted by molar-refractivity contribution is -0.130. The highest BCUT2D eigenvalue weighted by Crippen LogP contribution is 2.19. The fourth-order valence-electron chi connectivity index (χ4n) is 2.49. The molecular formula is C15H21N3OS. The summed E-state index contributed by atoms with van der Waals surface area (Å²) in [5.74, 6) is 0.136. The van der Waals surface area contributed by atoms with Crippen LogP contribution in [0.25, 0.3) is 0 Å². The Hall–Kier alpha value is -1.62. The van der Waals surface area contributed by atoms with Crippen LogP contribution in [0.4, 0.5) is 5.69 Å². The summed E-state index contributed by atoms with van der Waals surface area (Å²) >= 11 is 5.08. The summed E-state index contributed by atoms with van der Waals surface area (Å²) in [6.07, 6.45) is 2.20. The van der Waals surface area contributed by atoms with E-state index >= 15 is 0 Å². The van der Waals surface area contributed by atoms with Gasteiger partial charge in [-0.25, -0.2) is 0 Å². The molecule has 0 aliphatic carbocycles. The molecule has 0 spiro atoms. The number of carbonyl (C=O) groups is 1. The number of thiocarbonyl (C=S) groups is 1. The fourth-order valence-corrected chi connectivity index (χ4v) is 2.66. The number of amides is 1. The van der Waals surface area contributed by atoms with Crippen molar-refractivity contribution in [3.63, 3.8) is 0 Å². The molecule has 1 amide bonds. The quantitative estimate of drug-likeness (QED) is 0.834. The van der Waals surface area contributed by atoms with Gasteiger partial charge in [0.2, 0.25) is 5.91 Å². The topological polar surface area (TPSA) is 58.4 Å². The van der Waals surface area contributed by atoms with Crippen molar-refractivity contribution < 1.29 is 4.79 Å². The van der Waals surface area contributed by atoms with Gasteiger partial charge >= 0.3 is 0 Å². The number of nitrogens with two attached hydrogens (primary N) is 1. The molecule has 3 N–H and O–H groups in total. The van der Waals surface area contributed by atoms with E-state index in [-0.39, 0.29) is 11.9 Å². The number of benzene rings is 1. The highest BCUT2D eigenvalue weighted by molar-refractivity contribution is 7.80. The van der Waals surface area contributed by atoms with Gasteiger partial charge in [0.1, 0.15) is 11.0 Å². The number of aryl methyl sites for hydroxylation is 1. The predicted molar refractivity (Wildman–Crippen MR) is 86.0 cm³/mol. The van der Waals surface area contributed by atoms with Crippen LogP contribution in [0.3, 0.4) is 0 Å². The van der Waals surface area contributed by atoms with E-state index in [0.29, 0.717) is 4.99 Å². The Morgan fingerprint density at radius 2 is 2.05 bits per heavy atom. The normalized spacial score (nSPS) is 16.0. The van der Waals surface area contributed by atoms with Crippen LogP contribution in [0.2, 0.25) is 0 Å². The van der Waals surface area contributed by atoms with E-state index in [2.05, 4.69) is 5.32 Å². The van der Waals surface area contributed by atoms with Gasteiger partial charge in [-0.3, -0.25) is 4.79 Å². The second kappa shape index (κ2) is 6.22. The monoisotopic (exact) mass is 291 g/mol. The summed E-state index contributed by atoms with van der Waals surface area (Å²) in [5, 5.41) is 3.24. The van der Waals surface area contributed by atoms with Crippen LogP contribution in [-0.2, 0) is 4.79 Å². The van der Waals surface area contributed by atoms with Crippen molar-refractivity contribution in [3.05, 3.63) is 29.3 Å². The predicted octanol–water partition coefficient (Wildman–Crippen LogP) is 2.05. The minimum atomic E-state index is -0.274. The Morgan fingerprint density at radius 3 is 2.65 bits per heavy atom. The zero-order valence-electron chi connectivity index (χ0n) is 12.0. The highest BCUT2D eigenvalue weighted by Gasteiger charge is 2.23. The van der Waals surface area contributed by atoms with E-state index in [0.717, 1.165) is 42.7 Å². The number of rotatable bonds is 4. The van der Waals surface area contributed by atoms with Crippen LogP contribution >= 0.6 is 12.2 Å². The summed E-state index contributed by atoms with van der Waals surface area (Å²) in [7, 11) is 0. The molecule has 0 bridgehead atoms. The first kappa shape index (κ1) is 14.8. The van der Waals surface area contributed by atoms with Gasteiger partial charge in [0.05, 0.1) is 0 Å². The molecule has 20 heavy (non-hydrogen) atoms. The van der Waals surface area contributed by atoms with Crippen molar-refractivity contribution in [3.8, 4) is 0 Å².